The summed E-state index contributed by atoms with van der Waals surface area (Å²) in [6.07, 6.45) is 0. The van der Waals surface area contributed by atoms with Gasteiger partial charge >= 0.3 is 0 Å². The van der Waals surface area contributed by atoms with Crippen LogP contribution in [0.3, 0.4) is 0 Å². The number of aromatic nitrogens is 2. The standard InChI is InChI=1S/C24H25BrN4O2/c1-24(2,18-11-7-4-8-12-18)23(31)29-15-13-28(14-16-29)22(30)21-19(25)20(26-27-21)17-9-5-3-6-10-17/h3-12H,13-16H2,1-2H3,(H,26,27). The predicted octanol–water partition coefficient (Wildman–Crippen LogP) is 4.10. The Morgan fingerprint density at radius 1 is 0.903 bits per heavy atom. The number of piperazine rings is 1. The number of hydrogen-bond donors (Lipinski definition) is 1. The third-order valence-corrected chi connectivity index (χ3v) is 6.62. The third-order valence-electron chi connectivity index (χ3n) is 5.85. The lowest BCUT2D eigenvalue weighted by Gasteiger charge is -2.38. The summed E-state index contributed by atoms with van der Waals surface area (Å²) in [5, 5.41) is 7.21. The molecular formula is C24H25BrN4O2. The number of rotatable bonds is 4. The fourth-order valence-corrected chi connectivity index (χ4v) is 4.48. The number of amides is 2. The zero-order chi connectivity index (χ0) is 22.0. The van der Waals surface area contributed by atoms with Gasteiger partial charge in [0.05, 0.1) is 9.89 Å². The highest BCUT2D eigenvalue weighted by atomic mass is 79.9. The molecule has 0 unspecified atom stereocenters. The zero-order valence-corrected chi connectivity index (χ0v) is 19.2. The molecular weight excluding hydrogens is 456 g/mol. The molecule has 0 bridgehead atoms. The van der Waals surface area contributed by atoms with E-state index in [1.165, 1.54) is 0 Å². The first kappa shape index (κ1) is 21.3. The molecule has 2 amide bonds. The topological polar surface area (TPSA) is 69.3 Å². The van der Waals surface area contributed by atoms with Crippen LogP contribution >= 0.6 is 15.9 Å². The van der Waals surface area contributed by atoms with Gasteiger partial charge in [0.2, 0.25) is 5.91 Å². The normalized spacial score (nSPS) is 14.5. The Morgan fingerprint density at radius 3 is 2.06 bits per heavy atom. The fourth-order valence-electron chi connectivity index (χ4n) is 3.90. The van der Waals surface area contributed by atoms with Crippen molar-refractivity contribution in [1.29, 1.82) is 0 Å². The number of carbonyl (C=O) groups is 2. The minimum Gasteiger partial charge on any atom is -0.338 e. The Morgan fingerprint density at radius 2 is 1.45 bits per heavy atom. The molecule has 1 saturated heterocycles. The van der Waals surface area contributed by atoms with E-state index in [4.69, 9.17) is 0 Å². The first-order valence-electron chi connectivity index (χ1n) is 10.3. The summed E-state index contributed by atoms with van der Waals surface area (Å²) in [6.45, 7) is 5.91. The predicted molar refractivity (Wildman–Crippen MR) is 124 cm³/mol. The molecule has 1 fully saturated rings. The van der Waals surface area contributed by atoms with Crippen molar-refractivity contribution >= 4 is 27.7 Å². The van der Waals surface area contributed by atoms with Gasteiger partial charge in [0, 0.05) is 31.7 Å². The number of carbonyl (C=O) groups excluding carboxylic acids is 2. The molecule has 6 nitrogen and oxygen atoms in total. The van der Waals surface area contributed by atoms with Gasteiger partial charge in [-0.25, -0.2) is 0 Å². The zero-order valence-electron chi connectivity index (χ0n) is 17.6. The fraction of sp³-hybridized carbons (Fsp3) is 0.292. The smallest absolute Gasteiger partial charge is 0.273 e. The Bertz CT molecular complexity index is 1070. The molecule has 3 aromatic rings. The van der Waals surface area contributed by atoms with Crippen LogP contribution in [0.25, 0.3) is 11.3 Å². The number of nitrogens with one attached hydrogen (secondary N) is 1. The first-order chi connectivity index (χ1) is 14.9. The van der Waals surface area contributed by atoms with Gasteiger partial charge in [-0.3, -0.25) is 14.7 Å². The van der Waals surface area contributed by atoms with Crippen LogP contribution in [0, 0.1) is 0 Å². The number of aromatic amines is 1. The Kier molecular flexibility index (Phi) is 5.96. The van der Waals surface area contributed by atoms with E-state index in [9.17, 15) is 9.59 Å². The minimum atomic E-state index is -0.607. The van der Waals surface area contributed by atoms with Gasteiger partial charge < -0.3 is 9.80 Å². The number of hydrogen-bond acceptors (Lipinski definition) is 3. The van der Waals surface area contributed by atoms with Crippen LogP contribution in [-0.2, 0) is 10.2 Å². The van der Waals surface area contributed by atoms with Crippen molar-refractivity contribution in [2.24, 2.45) is 0 Å². The summed E-state index contributed by atoms with van der Waals surface area (Å²) < 4.78 is 0.660. The number of H-pyrrole nitrogens is 1. The van der Waals surface area contributed by atoms with Crippen molar-refractivity contribution in [2.45, 2.75) is 19.3 Å². The number of halogens is 1. The highest BCUT2D eigenvalue weighted by molar-refractivity contribution is 9.10. The van der Waals surface area contributed by atoms with Crippen molar-refractivity contribution in [1.82, 2.24) is 20.0 Å². The van der Waals surface area contributed by atoms with Crippen molar-refractivity contribution in [3.63, 3.8) is 0 Å². The summed E-state index contributed by atoms with van der Waals surface area (Å²) in [6, 6.07) is 19.5. The Balaban J connectivity index is 1.43. The van der Waals surface area contributed by atoms with Crippen molar-refractivity contribution in [3.05, 3.63) is 76.4 Å². The second-order valence-electron chi connectivity index (χ2n) is 8.20. The Labute approximate surface area is 190 Å². The van der Waals surface area contributed by atoms with E-state index in [1.54, 1.807) is 4.90 Å². The van der Waals surface area contributed by atoms with E-state index >= 15 is 0 Å². The van der Waals surface area contributed by atoms with E-state index in [2.05, 4.69) is 26.1 Å². The lowest BCUT2D eigenvalue weighted by Crippen LogP contribution is -2.54. The molecule has 0 aliphatic carbocycles. The summed E-state index contributed by atoms with van der Waals surface area (Å²) in [4.78, 5) is 29.9. The molecule has 0 atom stereocenters. The monoisotopic (exact) mass is 480 g/mol. The van der Waals surface area contributed by atoms with Crippen LogP contribution in [0.5, 0.6) is 0 Å². The number of nitrogens with zero attached hydrogens (tertiary/aromatic N) is 3. The van der Waals surface area contributed by atoms with E-state index in [0.717, 1.165) is 11.1 Å². The van der Waals surface area contributed by atoms with E-state index in [-0.39, 0.29) is 11.8 Å². The molecule has 1 aromatic heterocycles. The highest BCUT2D eigenvalue weighted by Crippen LogP contribution is 2.30. The molecule has 4 rings (SSSR count). The summed E-state index contributed by atoms with van der Waals surface area (Å²) >= 11 is 3.54. The first-order valence-corrected chi connectivity index (χ1v) is 11.1. The molecule has 2 aromatic carbocycles. The molecule has 1 aliphatic heterocycles. The van der Waals surface area contributed by atoms with Crippen LogP contribution in [0.15, 0.2) is 65.1 Å². The average molecular weight is 481 g/mol. The van der Waals surface area contributed by atoms with Gasteiger partial charge in [-0.2, -0.15) is 5.10 Å². The molecule has 7 heteroatoms. The maximum Gasteiger partial charge on any atom is 0.273 e. The van der Waals surface area contributed by atoms with Crippen LogP contribution in [0.2, 0.25) is 0 Å². The van der Waals surface area contributed by atoms with Crippen molar-refractivity contribution in [2.75, 3.05) is 26.2 Å². The maximum absolute atomic E-state index is 13.2. The quantitative estimate of drug-likeness (QED) is 0.610. The molecule has 160 valence electrons. The van der Waals surface area contributed by atoms with Gasteiger partial charge in [0.25, 0.3) is 5.91 Å². The van der Waals surface area contributed by atoms with Crippen LogP contribution in [0.4, 0.5) is 0 Å². The third kappa shape index (κ3) is 4.14. The summed E-state index contributed by atoms with van der Waals surface area (Å²) in [5.41, 5.74) is 2.46. The highest BCUT2D eigenvalue weighted by Gasteiger charge is 2.36. The average Bonchev–Trinajstić information content (AvgIpc) is 3.20. The van der Waals surface area contributed by atoms with Crippen molar-refractivity contribution in [3.8, 4) is 11.3 Å². The SMILES string of the molecule is CC(C)(C(=O)N1CCN(C(=O)c2[nH]nc(-c3ccccc3)c2Br)CC1)c1ccccc1. The van der Waals surface area contributed by atoms with Gasteiger partial charge in [-0.05, 0) is 35.3 Å². The number of benzene rings is 2. The molecule has 1 aliphatic rings. The van der Waals surface area contributed by atoms with E-state index < -0.39 is 5.41 Å². The van der Waals surface area contributed by atoms with Crippen LogP contribution < -0.4 is 0 Å². The van der Waals surface area contributed by atoms with Crippen LogP contribution in [-0.4, -0.2) is 58.0 Å². The molecule has 31 heavy (non-hydrogen) atoms. The molecule has 0 saturated carbocycles. The molecule has 0 spiro atoms. The van der Waals surface area contributed by atoms with Gasteiger partial charge in [-0.15, -0.1) is 0 Å². The lowest BCUT2D eigenvalue weighted by molar-refractivity contribution is -0.137. The Hall–Kier alpha value is -2.93. The molecule has 2 heterocycles. The van der Waals surface area contributed by atoms with E-state index in [0.29, 0.717) is 42.0 Å². The second-order valence-corrected chi connectivity index (χ2v) is 9.00. The van der Waals surface area contributed by atoms with Crippen molar-refractivity contribution < 1.29 is 9.59 Å². The summed E-state index contributed by atoms with van der Waals surface area (Å²) in [5.74, 6) is -0.0316. The van der Waals surface area contributed by atoms with Gasteiger partial charge in [0.1, 0.15) is 11.4 Å². The van der Waals surface area contributed by atoms with Crippen LogP contribution in [0.1, 0.15) is 29.9 Å². The van der Waals surface area contributed by atoms with Gasteiger partial charge in [-0.1, -0.05) is 60.7 Å². The van der Waals surface area contributed by atoms with Gasteiger partial charge in [0.15, 0.2) is 0 Å². The minimum absolute atomic E-state index is 0.0832. The van der Waals surface area contributed by atoms with E-state index in [1.807, 2.05) is 79.4 Å². The maximum atomic E-state index is 13.2. The molecule has 1 N–H and O–H groups in total. The largest absolute Gasteiger partial charge is 0.338 e. The molecule has 0 radical (unpaired) electrons. The second kappa shape index (κ2) is 8.67. The summed E-state index contributed by atoms with van der Waals surface area (Å²) in [7, 11) is 0. The lowest BCUT2D eigenvalue weighted by atomic mass is 9.83.